The molecular weight excluding hydrogens is 244 g/mol. The fraction of sp³-hybridized carbons (Fsp3) is 0.538. The van der Waals surface area contributed by atoms with Crippen LogP contribution in [0.2, 0.25) is 0 Å². The van der Waals surface area contributed by atoms with Gasteiger partial charge in [-0.25, -0.2) is 4.98 Å². The molecule has 0 amide bonds. The SMILES string of the molecule is Nc1ccc(N2CCN(C3CCOC3=O)CC2)nc1. The van der Waals surface area contributed by atoms with Crippen LogP contribution >= 0.6 is 0 Å². The van der Waals surface area contributed by atoms with Gasteiger partial charge < -0.3 is 15.4 Å². The topological polar surface area (TPSA) is 71.7 Å². The summed E-state index contributed by atoms with van der Waals surface area (Å²) in [4.78, 5) is 20.3. The number of carbonyl (C=O) groups is 1. The van der Waals surface area contributed by atoms with Crippen molar-refractivity contribution in [2.45, 2.75) is 12.5 Å². The Morgan fingerprint density at radius 3 is 2.63 bits per heavy atom. The monoisotopic (exact) mass is 262 g/mol. The van der Waals surface area contributed by atoms with Gasteiger partial charge in [-0.1, -0.05) is 0 Å². The number of cyclic esters (lactones) is 1. The van der Waals surface area contributed by atoms with E-state index >= 15 is 0 Å². The van der Waals surface area contributed by atoms with Gasteiger partial charge in [-0.15, -0.1) is 0 Å². The molecule has 0 aliphatic carbocycles. The third-order valence-corrected chi connectivity index (χ3v) is 3.76. The first kappa shape index (κ1) is 12.2. The van der Waals surface area contributed by atoms with Gasteiger partial charge in [0.2, 0.25) is 0 Å². The van der Waals surface area contributed by atoms with E-state index in [0.29, 0.717) is 12.3 Å². The van der Waals surface area contributed by atoms with Crippen molar-refractivity contribution in [3.05, 3.63) is 18.3 Å². The molecule has 2 N–H and O–H groups in total. The van der Waals surface area contributed by atoms with Crippen LogP contribution in [-0.2, 0) is 9.53 Å². The second-order valence-corrected chi connectivity index (χ2v) is 4.94. The van der Waals surface area contributed by atoms with Crippen molar-refractivity contribution in [1.82, 2.24) is 9.88 Å². The molecule has 1 atom stereocenters. The molecule has 6 heteroatoms. The zero-order valence-electron chi connectivity index (χ0n) is 10.8. The van der Waals surface area contributed by atoms with Gasteiger partial charge in [-0.2, -0.15) is 0 Å². The molecule has 2 aliphatic rings. The molecule has 0 saturated carbocycles. The van der Waals surface area contributed by atoms with Crippen molar-refractivity contribution >= 4 is 17.5 Å². The molecule has 0 radical (unpaired) electrons. The minimum absolute atomic E-state index is 0.0403. The fourth-order valence-electron chi connectivity index (χ4n) is 2.66. The number of pyridine rings is 1. The number of hydrogen-bond acceptors (Lipinski definition) is 6. The highest BCUT2D eigenvalue weighted by Crippen LogP contribution is 2.19. The molecule has 0 spiro atoms. The Bertz CT molecular complexity index is 454. The molecule has 1 aromatic rings. The van der Waals surface area contributed by atoms with Gasteiger partial charge in [0.25, 0.3) is 0 Å². The third-order valence-electron chi connectivity index (χ3n) is 3.76. The van der Waals surface area contributed by atoms with E-state index in [-0.39, 0.29) is 12.0 Å². The van der Waals surface area contributed by atoms with Crippen LogP contribution in [0.25, 0.3) is 0 Å². The van der Waals surface area contributed by atoms with E-state index in [1.807, 2.05) is 12.1 Å². The molecule has 2 aliphatic heterocycles. The van der Waals surface area contributed by atoms with Gasteiger partial charge in [0.15, 0.2) is 0 Å². The first-order valence-electron chi connectivity index (χ1n) is 6.61. The van der Waals surface area contributed by atoms with E-state index in [9.17, 15) is 4.79 Å². The lowest BCUT2D eigenvalue weighted by atomic mass is 10.2. The van der Waals surface area contributed by atoms with E-state index in [4.69, 9.17) is 10.5 Å². The number of esters is 1. The summed E-state index contributed by atoms with van der Waals surface area (Å²) in [5, 5.41) is 0. The second kappa shape index (κ2) is 5.05. The first-order valence-corrected chi connectivity index (χ1v) is 6.61. The van der Waals surface area contributed by atoms with E-state index in [2.05, 4.69) is 14.8 Å². The van der Waals surface area contributed by atoms with E-state index in [1.165, 1.54) is 0 Å². The summed E-state index contributed by atoms with van der Waals surface area (Å²) in [6.45, 7) is 4.04. The number of carbonyl (C=O) groups excluding carboxylic acids is 1. The first-order chi connectivity index (χ1) is 9.24. The Morgan fingerprint density at radius 1 is 1.26 bits per heavy atom. The van der Waals surface area contributed by atoms with Crippen molar-refractivity contribution in [1.29, 1.82) is 0 Å². The standard InChI is InChI=1S/C13H18N4O2/c14-10-1-2-12(15-9-10)17-6-4-16(5-7-17)11-3-8-19-13(11)18/h1-2,9,11H,3-8,14H2. The molecule has 2 fully saturated rings. The predicted molar refractivity (Wildman–Crippen MR) is 71.8 cm³/mol. The number of nitrogen functional groups attached to an aromatic ring is 1. The second-order valence-electron chi connectivity index (χ2n) is 4.94. The number of hydrogen-bond donors (Lipinski definition) is 1. The Balaban J connectivity index is 1.60. The average Bonchev–Trinajstić information content (AvgIpc) is 2.86. The number of anilines is 2. The Hall–Kier alpha value is -1.82. The molecule has 19 heavy (non-hydrogen) atoms. The lowest BCUT2D eigenvalue weighted by Gasteiger charge is -2.37. The van der Waals surface area contributed by atoms with Crippen LogP contribution in [-0.4, -0.2) is 54.7 Å². The number of nitrogens with two attached hydrogens (primary N) is 1. The zero-order chi connectivity index (χ0) is 13.2. The highest BCUT2D eigenvalue weighted by atomic mass is 16.5. The molecule has 2 saturated heterocycles. The van der Waals surface area contributed by atoms with Gasteiger partial charge in [-0.3, -0.25) is 9.69 Å². The van der Waals surface area contributed by atoms with Gasteiger partial charge in [0, 0.05) is 32.6 Å². The molecule has 3 heterocycles. The number of nitrogens with zero attached hydrogens (tertiary/aromatic N) is 3. The molecule has 6 nitrogen and oxygen atoms in total. The minimum Gasteiger partial charge on any atom is -0.464 e. The Morgan fingerprint density at radius 2 is 2.05 bits per heavy atom. The third kappa shape index (κ3) is 2.49. The fourth-order valence-corrected chi connectivity index (χ4v) is 2.66. The maximum Gasteiger partial charge on any atom is 0.323 e. The summed E-state index contributed by atoms with van der Waals surface area (Å²) in [5.74, 6) is 0.877. The van der Waals surface area contributed by atoms with Crippen LogP contribution in [0.1, 0.15) is 6.42 Å². The predicted octanol–water partition coefficient (Wildman–Crippen LogP) is 0.101. The summed E-state index contributed by atoms with van der Waals surface area (Å²) in [6.07, 6.45) is 2.50. The number of rotatable bonds is 2. The van der Waals surface area contributed by atoms with Crippen LogP contribution in [0.4, 0.5) is 11.5 Å². The van der Waals surface area contributed by atoms with Crippen molar-refractivity contribution < 1.29 is 9.53 Å². The maximum absolute atomic E-state index is 11.6. The lowest BCUT2D eigenvalue weighted by molar-refractivity contribution is -0.142. The lowest BCUT2D eigenvalue weighted by Crippen LogP contribution is -2.51. The largest absolute Gasteiger partial charge is 0.464 e. The van der Waals surface area contributed by atoms with Crippen molar-refractivity contribution in [2.75, 3.05) is 43.4 Å². The van der Waals surface area contributed by atoms with E-state index in [1.54, 1.807) is 6.20 Å². The molecular formula is C13H18N4O2. The molecule has 0 aromatic carbocycles. The number of aromatic nitrogens is 1. The highest BCUT2D eigenvalue weighted by Gasteiger charge is 2.34. The zero-order valence-corrected chi connectivity index (χ0v) is 10.8. The minimum atomic E-state index is -0.0703. The van der Waals surface area contributed by atoms with Gasteiger partial charge in [0.05, 0.1) is 18.5 Å². The smallest absolute Gasteiger partial charge is 0.323 e. The summed E-state index contributed by atoms with van der Waals surface area (Å²) >= 11 is 0. The molecule has 3 rings (SSSR count). The molecule has 1 unspecified atom stereocenters. The number of piperazine rings is 1. The van der Waals surface area contributed by atoms with Crippen LogP contribution in [0, 0.1) is 0 Å². The Labute approximate surface area is 112 Å². The molecule has 1 aromatic heterocycles. The van der Waals surface area contributed by atoms with Gasteiger partial charge >= 0.3 is 5.97 Å². The quantitative estimate of drug-likeness (QED) is 0.762. The molecule has 102 valence electrons. The van der Waals surface area contributed by atoms with Crippen LogP contribution in [0.5, 0.6) is 0 Å². The highest BCUT2D eigenvalue weighted by molar-refractivity contribution is 5.77. The average molecular weight is 262 g/mol. The van der Waals surface area contributed by atoms with Crippen molar-refractivity contribution in [3.63, 3.8) is 0 Å². The van der Waals surface area contributed by atoms with Crippen LogP contribution in [0.15, 0.2) is 18.3 Å². The summed E-state index contributed by atoms with van der Waals surface area (Å²) in [5.41, 5.74) is 6.31. The normalized spacial score (nSPS) is 24.5. The molecule has 0 bridgehead atoms. The van der Waals surface area contributed by atoms with Crippen LogP contribution < -0.4 is 10.6 Å². The van der Waals surface area contributed by atoms with E-state index < -0.39 is 0 Å². The van der Waals surface area contributed by atoms with Crippen LogP contribution in [0.3, 0.4) is 0 Å². The van der Waals surface area contributed by atoms with Gasteiger partial charge in [-0.05, 0) is 12.1 Å². The van der Waals surface area contributed by atoms with Crippen molar-refractivity contribution in [3.8, 4) is 0 Å². The van der Waals surface area contributed by atoms with Gasteiger partial charge in [0.1, 0.15) is 11.9 Å². The summed E-state index contributed by atoms with van der Waals surface area (Å²) < 4.78 is 5.02. The maximum atomic E-state index is 11.6. The number of ether oxygens (including phenoxy) is 1. The Kier molecular flexibility index (Phi) is 3.25. The summed E-state index contributed by atoms with van der Waals surface area (Å²) in [6, 6.07) is 3.76. The summed E-state index contributed by atoms with van der Waals surface area (Å²) in [7, 11) is 0. The van der Waals surface area contributed by atoms with E-state index in [0.717, 1.165) is 38.4 Å². The van der Waals surface area contributed by atoms with Crippen molar-refractivity contribution in [2.24, 2.45) is 0 Å².